The molecule has 21 heavy (non-hydrogen) atoms. The number of carbonyl (C=O) groups excluding carboxylic acids is 1. The molecule has 2 heterocycles. The number of aryl methyl sites for hydroxylation is 1. The Hall–Kier alpha value is -1.62. The number of rotatable bonds is 6. The number of pyridine rings is 1. The molecule has 0 spiro atoms. The number of nitrogens with one attached hydrogen (secondary N) is 1. The molecule has 1 aromatic heterocycles. The zero-order chi connectivity index (χ0) is 15.2. The van der Waals surface area contributed by atoms with Gasteiger partial charge in [0.25, 0.3) is 5.91 Å². The van der Waals surface area contributed by atoms with Crippen molar-refractivity contribution in [1.82, 2.24) is 9.88 Å². The summed E-state index contributed by atoms with van der Waals surface area (Å²) in [6.45, 7) is 6.33. The zero-order valence-corrected chi connectivity index (χ0v) is 13.2. The first-order valence-corrected chi connectivity index (χ1v) is 7.69. The number of anilines is 1. The molecule has 0 saturated carbocycles. The Morgan fingerprint density at radius 1 is 1.52 bits per heavy atom. The number of likely N-dealkylation sites (N-methyl/N-ethyl adjacent to an activating group) is 1. The van der Waals surface area contributed by atoms with Crippen LogP contribution in [0.2, 0.25) is 0 Å². The normalized spacial score (nSPS) is 17.8. The van der Waals surface area contributed by atoms with E-state index in [1.165, 1.54) is 0 Å². The molecular formula is C16H25N3O2. The van der Waals surface area contributed by atoms with Crippen LogP contribution in [0.5, 0.6) is 0 Å². The standard InChI is InChI=1S/C16H25N3O2/c1-4-7-17-15-10-13(9-12(2)18-15)16(20)19(3)11-14-6-5-8-21-14/h9-10,14H,4-8,11H2,1-3H3,(H,17,18). The van der Waals surface area contributed by atoms with E-state index in [2.05, 4.69) is 17.2 Å². The van der Waals surface area contributed by atoms with E-state index in [-0.39, 0.29) is 12.0 Å². The molecule has 1 fully saturated rings. The molecule has 0 bridgehead atoms. The summed E-state index contributed by atoms with van der Waals surface area (Å²) in [5.41, 5.74) is 1.53. The van der Waals surface area contributed by atoms with E-state index in [9.17, 15) is 4.79 Å². The van der Waals surface area contributed by atoms with Gasteiger partial charge in [0.05, 0.1) is 6.10 Å². The second kappa shape index (κ2) is 7.41. The van der Waals surface area contributed by atoms with Crippen LogP contribution in [0.15, 0.2) is 12.1 Å². The number of carbonyl (C=O) groups is 1. The Kier molecular flexibility index (Phi) is 5.56. The maximum atomic E-state index is 12.5. The van der Waals surface area contributed by atoms with Gasteiger partial charge in [-0.05, 0) is 38.3 Å². The minimum atomic E-state index is 0.0237. The number of hydrogen-bond acceptors (Lipinski definition) is 4. The van der Waals surface area contributed by atoms with Gasteiger partial charge >= 0.3 is 0 Å². The first-order valence-electron chi connectivity index (χ1n) is 7.69. The molecule has 1 aliphatic rings. The SMILES string of the molecule is CCCNc1cc(C(=O)N(C)CC2CCCO2)cc(C)n1. The van der Waals surface area contributed by atoms with E-state index in [0.29, 0.717) is 12.1 Å². The fourth-order valence-electron chi connectivity index (χ4n) is 2.53. The second-order valence-electron chi connectivity index (χ2n) is 5.63. The van der Waals surface area contributed by atoms with E-state index in [1.807, 2.05) is 26.1 Å². The molecule has 0 aromatic carbocycles. The molecule has 0 radical (unpaired) electrons. The highest BCUT2D eigenvalue weighted by molar-refractivity contribution is 5.94. The highest BCUT2D eigenvalue weighted by Crippen LogP contribution is 2.16. The predicted molar refractivity (Wildman–Crippen MR) is 83.7 cm³/mol. The zero-order valence-electron chi connectivity index (χ0n) is 13.2. The molecule has 1 amide bonds. The summed E-state index contributed by atoms with van der Waals surface area (Å²) >= 11 is 0. The van der Waals surface area contributed by atoms with Gasteiger partial charge in [-0.15, -0.1) is 0 Å². The summed E-state index contributed by atoms with van der Waals surface area (Å²) in [6, 6.07) is 3.67. The minimum absolute atomic E-state index is 0.0237. The highest BCUT2D eigenvalue weighted by Gasteiger charge is 2.21. The number of aromatic nitrogens is 1. The summed E-state index contributed by atoms with van der Waals surface area (Å²) in [5, 5.41) is 3.24. The average molecular weight is 291 g/mol. The molecule has 2 rings (SSSR count). The molecule has 0 aliphatic carbocycles. The monoisotopic (exact) mass is 291 g/mol. The summed E-state index contributed by atoms with van der Waals surface area (Å²) in [6.07, 6.45) is 3.33. The van der Waals surface area contributed by atoms with Crippen LogP contribution in [-0.4, -0.2) is 48.6 Å². The van der Waals surface area contributed by atoms with Crippen molar-refractivity contribution < 1.29 is 9.53 Å². The molecule has 1 aliphatic heterocycles. The van der Waals surface area contributed by atoms with E-state index in [0.717, 1.165) is 43.9 Å². The van der Waals surface area contributed by atoms with Crippen molar-refractivity contribution in [3.63, 3.8) is 0 Å². The molecule has 1 atom stereocenters. The molecule has 1 saturated heterocycles. The lowest BCUT2D eigenvalue weighted by Gasteiger charge is -2.21. The average Bonchev–Trinajstić information content (AvgIpc) is 2.96. The number of ether oxygens (including phenoxy) is 1. The van der Waals surface area contributed by atoms with Crippen molar-refractivity contribution in [3.05, 3.63) is 23.4 Å². The van der Waals surface area contributed by atoms with Crippen molar-refractivity contribution in [2.45, 2.75) is 39.2 Å². The van der Waals surface area contributed by atoms with Gasteiger partial charge in [0.2, 0.25) is 0 Å². The van der Waals surface area contributed by atoms with Crippen LogP contribution >= 0.6 is 0 Å². The third-order valence-corrected chi connectivity index (χ3v) is 3.60. The fraction of sp³-hybridized carbons (Fsp3) is 0.625. The van der Waals surface area contributed by atoms with Gasteiger partial charge in [-0.1, -0.05) is 6.92 Å². The van der Waals surface area contributed by atoms with Crippen molar-refractivity contribution >= 4 is 11.7 Å². The van der Waals surface area contributed by atoms with Crippen LogP contribution < -0.4 is 5.32 Å². The van der Waals surface area contributed by atoms with Crippen molar-refractivity contribution in [1.29, 1.82) is 0 Å². The van der Waals surface area contributed by atoms with Crippen LogP contribution in [0.25, 0.3) is 0 Å². The van der Waals surface area contributed by atoms with Crippen LogP contribution in [0, 0.1) is 6.92 Å². The van der Waals surface area contributed by atoms with Crippen LogP contribution in [-0.2, 0) is 4.74 Å². The van der Waals surface area contributed by atoms with Crippen molar-refractivity contribution in [3.8, 4) is 0 Å². The first-order chi connectivity index (χ1) is 10.1. The number of hydrogen-bond donors (Lipinski definition) is 1. The van der Waals surface area contributed by atoms with Gasteiger partial charge in [-0.3, -0.25) is 4.79 Å². The van der Waals surface area contributed by atoms with Gasteiger partial charge in [0, 0.05) is 38.0 Å². The third kappa shape index (κ3) is 4.43. The Labute approximate surface area is 126 Å². The lowest BCUT2D eigenvalue weighted by molar-refractivity contribution is 0.0587. The Morgan fingerprint density at radius 2 is 2.33 bits per heavy atom. The lowest BCUT2D eigenvalue weighted by atomic mass is 10.1. The lowest BCUT2D eigenvalue weighted by Crippen LogP contribution is -2.34. The molecule has 5 heteroatoms. The summed E-state index contributed by atoms with van der Waals surface area (Å²) in [7, 11) is 1.83. The summed E-state index contributed by atoms with van der Waals surface area (Å²) in [4.78, 5) is 18.7. The molecule has 1 unspecified atom stereocenters. The topological polar surface area (TPSA) is 54.5 Å². The predicted octanol–water partition coefficient (Wildman–Crippen LogP) is 2.46. The number of amides is 1. The quantitative estimate of drug-likeness (QED) is 0.875. The van der Waals surface area contributed by atoms with Gasteiger partial charge in [-0.25, -0.2) is 4.98 Å². The molecular weight excluding hydrogens is 266 g/mol. The largest absolute Gasteiger partial charge is 0.376 e. The smallest absolute Gasteiger partial charge is 0.253 e. The van der Waals surface area contributed by atoms with Gasteiger partial charge < -0.3 is 15.0 Å². The van der Waals surface area contributed by atoms with Crippen LogP contribution in [0.1, 0.15) is 42.2 Å². The first kappa shape index (κ1) is 15.8. The summed E-state index contributed by atoms with van der Waals surface area (Å²) in [5.74, 6) is 0.793. The maximum Gasteiger partial charge on any atom is 0.253 e. The van der Waals surface area contributed by atoms with Gasteiger partial charge in [0.15, 0.2) is 0 Å². The molecule has 1 N–H and O–H groups in total. The minimum Gasteiger partial charge on any atom is -0.376 e. The van der Waals surface area contributed by atoms with E-state index < -0.39 is 0 Å². The highest BCUT2D eigenvalue weighted by atomic mass is 16.5. The van der Waals surface area contributed by atoms with Gasteiger partial charge in [-0.2, -0.15) is 0 Å². The van der Waals surface area contributed by atoms with Crippen molar-refractivity contribution in [2.75, 3.05) is 32.1 Å². The van der Waals surface area contributed by atoms with E-state index >= 15 is 0 Å². The Balaban J connectivity index is 2.04. The number of nitrogens with zero attached hydrogens (tertiary/aromatic N) is 2. The summed E-state index contributed by atoms with van der Waals surface area (Å²) < 4.78 is 5.59. The van der Waals surface area contributed by atoms with E-state index in [1.54, 1.807) is 4.90 Å². The Bertz CT molecular complexity index is 484. The van der Waals surface area contributed by atoms with Crippen LogP contribution in [0.3, 0.4) is 0 Å². The second-order valence-corrected chi connectivity index (χ2v) is 5.63. The third-order valence-electron chi connectivity index (χ3n) is 3.60. The van der Waals surface area contributed by atoms with Gasteiger partial charge in [0.1, 0.15) is 5.82 Å². The van der Waals surface area contributed by atoms with Crippen molar-refractivity contribution in [2.24, 2.45) is 0 Å². The molecule has 116 valence electrons. The van der Waals surface area contributed by atoms with Crippen LogP contribution in [0.4, 0.5) is 5.82 Å². The Morgan fingerprint density at radius 3 is 3.00 bits per heavy atom. The van der Waals surface area contributed by atoms with E-state index in [4.69, 9.17) is 4.74 Å². The molecule has 5 nitrogen and oxygen atoms in total. The maximum absolute atomic E-state index is 12.5. The fourth-order valence-corrected chi connectivity index (χ4v) is 2.53. The molecule has 1 aromatic rings.